The van der Waals surface area contributed by atoms with Crippen LogP contribution in [0.5, 0.6) is 0 Å². The first-order chi connectivity index (χ1) is 12.1. The van der Waals surface area contributed by atoms with Crippen LogP contribution in [0.25, 0.3) is 10.2 Å². The normalized spacial score (nSPS) is 17.2. The molecule has 0 amide bonds. The van der Waals surface area contributed by atoms with Crippen molar-refractivity contribution < 1.29 is 0 Å². The van der Waals surface area contributed by atoms with E-state index in [4.69, 9.17) is 4.98 Å². The van der Waals surface area contributed by atoms with Gasteiger partial charge in [0.2, 0.25) is 0 Å². The molecule has 7 heteroatoms. The van der Waals surface area contributed by atoms with Crippen molar-refractivity contribution in [3.8, 4) is 0 Å². The lowest BCUT2D eigenvalue weighted by atomic mass is 9.89. The van der Waals surface area contributed by atoms with Crippen molar-refractivity contribution in [1.82, 2.24) is 19.1 Å². The van der Waals surface area contributed by atoms with Crippen LogP contribution in [-0.4, -0.2) is 19.1 Å². The molecular formula is C18H22N4OS2. The van der Waals surface area contributed by atoms with Gasteiger partial charge in [-0.2, -0.15) is 0 Å². The van der Waals surface area contributed by atoms with Gasteiger partial charge in [0.25, 0.3) is 5.56 Å². The lowest BCUT2D eigenvalue weighted by Crippen LogP contribution is -2.23. The first-order valence-corrected chi connectivity index (χ1v) is 10.5. The van der Waals surface area contributed by atoms with Crippen molar-refractivity contribution in [2.24, 2.45) is 13.0 Å². The standard InChI is InChI=1S/C18H22N4OS2/c1-4-22-17(23)15-12-6-5-11(2)9-13(12)25-16(15)20-18(22)24-10-14-19-7-8-21(14)3/h7-8,11H,4-6,9-10H2,1-3H3. The van der Waals surface area contributed by atoms with E-state index in [1.54, 1.807) is 29.3 Å². The van der Waals surface area contributed by atoms with Gasteiger partial charge in [-0.25, -0.2) is 9.97 Å². The molecule has 132 valence electrons. The van der Waals surface area contributed by atoms with Gasteiger partial charge in [0.1, 0.15) is 10.7 Å². The summed E-state index contributed by atoms with van der Waals surface area (Å²) in [4.78, 5) is 24.6. The third-order valence-electron chi connectivity index (χ3n) is 4.95. The molecule has 3 aromatic rings. The zero-order valence-corrected chi connectivity index (χ0v) is 16.4. The van der Waals surface area contributed by atoms with Crippen molar-refractivity contribution in [3.05, 3.63) is 39.0 Å². The van der Waals surface area contributed by atoms with Gasteiger partial charge in [-0.15, -0.1) is 11.3 Å². The Morgan fingerprint density at radius 2 is 2.28 bits per heavy atom. The summed E-state index contributed by atoms with van der Waals surface area (Å²) >= 11 is 3.31. The summed E-state index contributed by atoms with van der Waals surface area (Å²) in [6, 6.07) is 0. The highest BCUT2D eigenvalue weighted by molar-refractivity contribution is 7.98. The predicted octanol–water partition coefficient (Wildman–Crippen LogP) is 3.63. The molecule has 3 aromatic heterocycles. The molecule has 0 fully saturated rings. The molecule has 1 aliphatic rings. The minimum absolute atomic E-state index is 0.127. The lowest BCUT2D eigenvalue weighted by Gasteiger charge is -2.17. The van der Waals surface area contributed by atoms with Crippen molar-refractivity contribution in [2.45, 2.75) is 50.6 Å². The molecule has 1 atom stereocenters. The molecule has 0 aliphatic heterocycles. The number of hydrogen-bond donors (Lipinski definition) is 0. The van der Waals surface area contributed by atoms with Crippen LogP contribution in [0.15, 0.2) is 22.3 Å². The van der Waals surface area contributed by atoms with Gasteiger partial charge in [0.05, 0.1) is 11.1 Å². The Bertz CT molecular complexity index is 985. The maximum Gasteiger partial charge on any atom is 0.263 e. The highest BCUT2D eigenvalue weighted by Gasteiger charge is 2.24. The highest BCUT2D eigenvalue weighted by Crippen LogP contribution is 2.36. The van der Waals surface area contributed by atoms with Crippen molar-refractivity contribution >= 4 is 33.3 Å². The SMILES string of the molecule is CCn1c(SCc2nccn2C)nc2sc3c(c2c1=O)CCC(C)C3. The molecule has 3 heterocycles. The largest absolute Gasteiger partial charge is 0.337 e. The number of hydrogen-bond acceptors (Lipinski definition) is 5. The van der Waals surface area contributed by atoms with Gasteiger partial charge >= 0.3 is 0 Å². The highest BCUT2D eigenvalue weighted by atomic mass is 32.2. The van der Waals surface area contributed by atoms with Crippen LogP contribution in [0.1, 0.15) is 36.5 Å². The van der Waals surface area contributed by atoms with E-state index >= 15 is 0 Å². The Balaban J connectivity index is 1.77. The molecule has 0 saturated carbocycles. The first kappa shape index (κ1) is 16.8. The maximum absolute atomic E-state index is 13.1. The summed E-state index contributed by atoms with van der Waals surface area (Å²) in [6.07, 6.45) is 7.00. The quantitative estimate of drug-likeness (QED) is 0.517. The van der Waals surface area contributed by atoms with Gasteiger partial charge in [0, 0.05) is 30.9 Å². The summed E-state index contributed by atoms with van der Waals surface area (Å²) < 4.78 is 3.83. The average Bonchev–Trinajstić information content (AvgIpc) is 3.15. The van der Waals surface area contributed by atoms with Gasteiger partial charge in [0.15, 0.2) is 5.16 Å². The molecule has 1 unspecified atom stereocenters. The second-order valence-electron chi connectivity index (χ2n) is 6.72. The molecule has 1 aliphatic carbocycles. The zero-order valence-electron chi connectivity index (χ0n) is 14.8. The zero-order chi connectivity index (χ0) is 17.6. The predicted molar refractivity (Wildman–Crippen MR) is 104 cm³/mol. The third kappa shape index (κ3) is 2.93. The van der Waals surface area contributed by atoms with Gasteiger partial charge in [-0.05, 0) is 37.7 Å². The van der Waals surface area contributed by atoms with Gasteiger partial charge in [-0.3, -0.25) is 9.36 Å². The monoisotopic (exact) mass is 374 g/mol. The fourth-order valence-corrected chi connectivity index (χ4v) is 5.95. The maximum atomic E-state index is 13.1. The van der Waals surface area contributed by atoms with Crippen LogP contribution >= 0.6 is 23.1 Å². The first-order valence-electron chi connectivity index (χ1n) is 8.72. The Hall–Kier alpha value is -1.60. The van der Waals surface area contributed by atoms with Gasteiger partial charge < -0.3 is 4.57 Å². The van der Waals surface area contributed by atoms with Crippen LogP contribution in [0.2, 0.25) is 0 Å². The molecule has 0 aromatic carbocycles. The molecule has 0 saturated heterocycles. The fraction of sp³-hybridized carbons (Fsp3) is 0.500. The van der Waals surface area contributed by atoms with Crippen LogP contribution in [-0.2, 0) is 32.2 Å². The number of aromatic nitrogens is 4. The average molecular weight is 375 g/mol. The third-order valence-corrected chi connectivity index (χ3v) is 7.07. The number of rotatable bonds is 4. The number of thioether (sulfide) groups is 1. The Morgan fingerprint density at radius 1 is 1.44 bits per heavy atom. The van der Waals surface area contributed by atoms with Crippen molar-refractivity contribution in [3.63, 3.8) is 0 Å². The Kier molecular flexibility index (Phi) is 4.45. The number of fused-ring (bicyclic) bond motifs is 3. The molecule has 4 rings (SSSR count). The second-order valence-corrected chi connectivity index (χ2v) is 8.74. The molecule has 0 radical (unpaired) electrons. The minimum Gasteiger partial charge on any atom is -0.337 e. The summed E-state index contributed by atoms with van der Waals surface area (Å²) in [5.41, 5.74) is 1.39. The number of imidazole rings is 1. The molecule has 0 spiro atoms. The molecule has 0 bridgehead atoms. The van der Waals surface area contributed by atoms with Gasteiger partial charge in [-0.1, -0.05) is 18.7 Å². The van der Waals surface area contributed by atoms with Crippen LogP contribution in [0.3, 0.4) is 0 Å². The molecular weight excluding hydrogens is 352 g/mol. The molecule has 25 heavy (non-hydrogen) atoms. The number of thiophene rings is 1. The summed E-state index contributed by atoms with van der Waals surface area (Å²) in [5.74, 6) is 2.40. The number of nitrogens with zero attached hydrogens (tertiary/aromatic N) is 4. The fourth-order valence-electron chi connectivity index (χ4n) is 3.46. The molecule has 5 nitrogen and oxygen atoms in total. The van der Waals surface area contributed by atoms with E-state index in [0.717, 1.165) is 34.0 Å². The van der Waals surface area contributed by atoms with Crippen molar-refractivity contribution in [2.75, 3.05) is 0 Å². The number of aryl methyl sites for hydroxylation is 2. The van der Waals surface area contributed by atoms with Crippen molar-refractivity contribution in [1.29, 1.82) is 0 Å². The Morgan fingerprint density at radius 3 is 3.00 bits per heavy atom. The van der Waals surface area contributed by atoms with Crippen LogP contribution in [0.4, 0.5) is 0 Å². The molecule has 0 N–H and O–H groups in total. The summed E-state index contributed by atoms with van der Waals surface area (Å²) in [7, 11) is 1.99. The lowest BCUT2D eigenvalue weighted by molar-refractivity contribution is 0.509. The minimum atomic E-state index is 0.127. The van der Waals surface area contributed by atoms with Crippen LogP contribution in [0, 0.1) is 5.92 Å². The Labute approximate surface area is 155 Å². The van der Waals surface area contributed by atoms with E-state index in [2.05, 4.69) is 11.9 Å². The van der Waals surface area contributed by atoms with E-state index in [1.807, 2.05) is 29.3 Å². The topological polar surface area (TPSA) is 52.7 Å². The van der Waals surface area contributed by atoms with E-state index in [0.29, 0.717) is 18.2 Å². The summed E-state index contributed by atoms with van der Waals surface area (Å²) in [6.45, 7) is 4.95. The van der Waals surface area contributed by atoms with E-state index < -0.39 is 0 Å². The smallest absolute Gasteiger partial charge is 0.263 e. The van der Waals surface area contributed by atoms with E-state index in [-0.39, 0.29) is 5.56 Å². The van der Waals surface area contributed by atoms with E-state index in [1.165, 1.54) is 16.9 Å². The second kappa shape index (κ2) is 6.61. The van der Waals surface area contributed by atoms with Crippen LogP contribution < -0.4 is 5.56 Å². The summed E-state index contributed by atoms with van der Waals surface area (Å²) in [5, 5.41) is 1.67. The van der Waals surface area contributed by atoms with E-state index in [9.17, 15) is 4.79 Å².